The zero-order valence-corrected chi connectivity index (χ0v) is 16.3. The Morgan fingerprint density at radius 3 is 2.63 bits per heavy atom. The maximum absolute atomic E-state index is 12.2. The number of hydrogen-bond donors (Lipinski definition) is 1. The molecule has 1 aromatic carbocycles. The summed E-state index contributed by atoms with van der Waals surface area (Å²) in [6, 6.07) is 5.95. The third kappa shape index (κ3) is 6.01. The zero-order chi connectivity index (χ0) is 19.8. The van der Waals surface area contributed by atoms with E-state index in [9.17, 15) is 9.59 Å². The number of methoxy groups -OCH3 is 1. The highest BCUT2D eigenvalue weighted by molar-refractivity contribution is 6.32. The van der Waals surface area contributed by atoms with Crippen molar-refractivity contribution >= 4 is 40.9 Å². The minimum Gasteiger partial charge on any atom is -0.493 e. The lowest BCUT2D eigenvalue weighted by Crippen LogP contribution is -2.21. The van der Waals surface area contributed by atoms with Crippen molar-refractivity contribution in [1.29, 1.82) is 0 Å². The fourth-order valence-corrected chi connectivity index (χ4v) is 2.40. The molecule has 0 saturated carbocycles. The minimum absolute atomic E-state index is 0.137. The molecule has 1 aromatic heterocycles. The predicted molar refractivity (Wildman–Crippen MR) is 102 cm³/mol. The molecule has 2 aromatic rings. The molecule has 0 bridgehead atoms. The van der Waals surface area contributed by atoms with Crippen molar-refractivity contribution in [2.75, 3.05) is 25.6 Å². The number of carbonyl (C=O) groups excluding carboxylic acids is 2. The lowest BCUT2D eigenvalue weighted by atomic mass is 10.2. The van der Waals surface area contributed by atoms with Crippen LogP contribution >= 0.6 is 23.2 Å². The number of nitrogens with one attached hydrogen (secondary N) is 1. The molecule has 27 heavy (non-hydrogen) atoms. The number of esters is 1. The van der Waals surface area contributed by atoms with E-state index >= 15 is 0 Å². The van der Waals surface area contributed by atoms with Gasteiger partial charge in [-0.1, -0.05) is 30.1 Å². The van der Waals surface area contributed by atoms with Crippen LogP contribution in [0.15, 0.2) is 30.5 Å². The van der Waals surface area contributed by atoms with Crippen molar-refractivity contribution in [3.63, 3.8) is 0 Å². The van der Waals surface area contributed by atoms with Crippen LogP contribution in [0, 0.1) is 0 Å². The van der Waals surface area contributed by atoms with Gasteiger partial charge in [0, 0.05) is 6.20 Å². The summed E-state index contributed by atoms with van der Waals surface area (Å²) in [7, 11) is 1.44. The van der Waals surface area contributed by atoms with Gasteiger partial charge < -0.3 is 19.5 Å². The van der Waals surface area contributed by atoms with Crippen LogP contribution < -0.4 is 14.8 Å². The summed E-state index contributed by atoms with van der Waals surface area (Å²) in [4.78, 5) is 28.0. The number of aromatic nitrogens is 1. The largest absolute Gasteiger partial charge is 0.493 e. The van der Waals surface area contributed by atoms with Crippen LogP contribution in [0.25, 0.3) is 0 Å². The molecule has 0 fully saturated rings. The summed E-state index contributed by atoms with van der Waals surface area (Å²) >= 11 is 11.9. The van der Waals surface area contributed by atoms with E-state index in [0.29, 0.717) is 28.9 Å². The maximum Gasteiger partial charge on any atom is 0.338 e. The molecule has 0 radical (unpaired) electrons. The number of halogens is 2. The van der Waals surface area contributed by atoms with Gasteiger partial charge in [-0.3, -0.25) is 4.79 Å². The Hall–Kier alpha value is -2.51. The quantitative estimate of drug-likeness (QED) is 0.659. The smallest absolute Gasteiger partial charge is 0.338 e. The highest BCUT2D eigenvalue weighted by atomic mass is 35.5. The Morgan fingerprint density at radius 2 is 2.00 bits per heavy atom. The summed E-state index contributed by atoms with van der Waals surface area (Å²) in [5.41, 5.74) is 0.137. The summed E-state index contributed by atoms with van der Waals surface area (Å²) in [6.07, 6.45) is 2.18. The average molecular weight is 413 g/mol. The Kier molecular flexibility index (Phi) is 7.69. The van der Waals surface area contributed by atoms with Crippen molar-refractivity contribution in [2.45, 2.75) is 13.3 Å². The minimum atomic E-state index is -0.726. The molecule has 0 atom stereocenters. The summed E-state index contributed by atoms with van der Waals surface area (Å²) in [5.74, 6) is -0.319. The first kappa shape index (κ1) is 20.8. The molecule has 1 N–H and O–H groups in total. The van der Waals surface area contributed by atoms with Crippen LogP contribution in [-0.2, 0) is 9.53 Å². The first-order chi connectivity index (χ1) is 12.9. The monoisotopic (exact) mass is 412 g/mol. The maximum atomic E-state index is 12.2. The summed E-state index contributed by atoms with van der Waals surface area (Å²) in [5, 5.41) is 3.14. The fraction of sp³-hybridized carbons (Fsp3) is 0.278. The first-order valence-corrected chi connectivity index (χ1v) is 8.79. The second-order valence-corrected chi connectivity index (χ2v) is 6.17. The van der Waals surface area contributed by atoms with E-state index in [1.807, 2.05) is 6.92 Å². The van der Waals surface area contributed by atoms with Crippen molar-refractivity contribution in [3.8, 4) is 11.5 Å². The van der Waals surface area contributed by atoms with Gasteiger partial charge in [-0.15, -0.1) is 0 Å². The Labute approximate surface area is 166 Å². The molecule has 0 aliphatic carbocycles. The van der Waals surface area contributed by atoms with E-state index < -0.39 is 18.5 Å². The molecule has 0 saturated heterocycles. The van der Waals surface area contributed by atoms with E-state index in [1.165, 1.54) is 31.5 Å². The number of hydrogen-bond acceptors (Lipinski definition) is 6. The second-order valence-electron chi connectivity index (χ2n) is 5.32. The van der Waals surface area contributed by atoms with Gasteiger partial charge in [0.1, 0.15) is 5.82 Å². The first-order valence-electron chi connectivity index (χ1n) is 8.03. The van der Waals surface area contributed by atoms with Crippen molar-refractivity contribution in [1.82, 2.24) is 4.98 Å². The third-order valence-electron chi connectivity index (χ3n) is 3.24. The van der Waals surface area contributed by atoms with Gasteiger partial charge in [-0.2, -0.15) is 0 Å². The van der Waals surface area contributed by atoms with Gasteiger partial charge in [0.15, 0.2) is 18.1 Å². The molecule has 9 heteroatoms. The Morgan fingerprint density at radius 1 is 1.22 bits per heavy atom. The zero-order valence-electron chi connectivity index (χ0n) is 14.8. The number of anilines is 1. The molecule has 0 aliphatic heterocycles. The van der Waals surface area contributed by atoms with E-state index in [2.05, 4.69) is 10.3 Å². The SMILES string of the molecule is CCCOc1c(Cl)cc(C(=O)OCC(=O)Nc2ccc(Cl)cn2)cc1OC. The Bertz CT molecular complexity index is 812. The summed E-state index contributed by atoms with van der Waals surface area (Å²) < 4.78 is 15.7. The number of rotatable bonds is 8. The fourth-order valence-electron chi connectivity index (χ4n) is 2.03. The van der Waals surface area contributed by atoms with Crippen molar-refractivity contribution in [2.24, 2.45) is 0 Å². The molecule has 0 aliphatic rings. The van der Waals surface area contributed by atoms with E-state index in [1.54, 1.807) is 6.07 Å². The average Bonchev–Trinajstić information content (AvgIpc) is 2.66. The van der Waals surface area contributed by atoms with Gasteiger partial charge in [0.05, 0.1) is 29.3 Å². The molecule has 7 nitrogen and oxygen atoms in total. The molecular formula is C18H18Cl2N2O5. The van der Waals surface area contributed by atoms with Crippen molar-refractivity contribution in [3.05, 3.63) is 46.1 Å². The number of ether oxygens (including phenoxy) is 3. The standard InChI is InChI=1S/C18H18Cl2N2O5/c1-3-6-26-17-13(20)7-11(8-14(17)25-2)18(24)27-10-16(23)22-15-5-4-12(19)9-21-15/h4-5,7-9H,3,6,10H2,1-2H3,(H,21,22,23). The second kappa shape index (κ2) is 9.99. The normalized spacial score (nSPS) is 10.2. The van der Waals surface area contributed by atoms with E-state index in [0.717, 1.165) is 6.42 Å². The van der Waals surface area contributed by atoms with E-state index in [-0.39, 0.29) is 10.6 Å². The van der Waals surface area contributed by atoms with E-state index in [4.69, 9.17) is 37.4 Å². The lowest BCUT2D eigenvalue weighted by Gasteiger charge is -2.13. The molecule has 144 valence electrons. The number of pyridine rings is 1. The molecule has 1 heterocycles. The number of amides is 1. The number of benzene rings is 1. The molecule has 1 amide bonds. The van der Waals surface area contributed by atoms with Crippen LogP contribution in [0.1, 0.15) is 23.7 Å². The van der Waals surface area contributed by atoms with Gasteiger partial charge in [-0.25, -0.2) is 9.78 Å². The molecule has 2 rings (SSSR count). The number of nitrogens with zero attached hydrogens (tertiary/aromatic N) is 1. The van der Waals surface area contributed by atoms with Crippen molar-refractivity contribution < 1.29 is 23.8 Å². The highest BCUT2D eigenvalue weighted by Crippen LogP contribution is 2.36. The van der Waals surface area contributed by atoms with Gasteiger partial charge in [-0.05, 0) is 30.7 Å². The summed E-state index contributed by atoms with van der Waals surface area (Å²) in [6.45, 7) is 1.92. The van der Waals surface area contributed by atoms with Crippen LogP contribution in [0.2, 0.25) is 10.0 Å². The third-order valence-corrected chi connectivity index (χ3v) is 3.75. The molecule has 0 spiro atoms. The molecular weight excluding hydrogens is 395 g/mol. The van der Waals surface area contributed by atoms with Crippen LogP contribution in [-0.4, -0.2) is 37.2 Å². The van der Waals surface area contributed by atoms with Crippen LogP contribution in [0.5, 0.6) is 11.5 Å². The topological polar surface area (TPSA) is 86.8 Å². The van der Waals surface area contributed by atoms with Crippen LogP contribution in [0.3, 0.4) is 0 Å². The number of carbonyl (C=O) groups is 2. The van der Waals surface area contributed by atoms with Gasteiger partial charge in [0.25, 0.3) is 5.91 Å². The lowest BCUT2D eigenvalue weighted by molar-refractivity contribution is -0.119. The van der Waals surface area contributed by atoms with Gasteiger partial charge in [0.2, 0.25) is 0 Å². The predicted octanol–water partition coefficient (Wildman–Crippen LogP) is 3.98. The Balaban J connectivity index is 1.99. The van der Waals surface area contributed by atoms with Gasteiger partial charge >= 0.3 is 5.97 Å². The molecule has 0 unspecified atom stereocenters. The van der Waals surface area contributed by atoms with Crippen LogP contribution in [0.4, 0.5) is 5.82 Å². The highest BCUT2D eigenvalue weighted by Gasteiger charge is 2.18.